The molecule has 5 rings (SSSR count). The highest BCUT2D eigenvalue weighted by atomic mass is 35.5. The molecule has 0 N–H and O–H groups in total. The van der Waals surface area contributed by atoms with Crippen molar-refractivity contribution in [2.45, 2.75) is 30.7 Å². The van der Waals surface area contributed by atoms with Crippen molar-refractivity contribution < 1.29 is 0 Å². The summed E-state index contributed by atoms with van der Waals surface area (Å²) >= 11 is 3.79. The second-order valence-corrected chi connectivity index (χ2v) is 10.4. The Balaban J connectivity index is 0.00000153. The number of piperidine rings is 1. The Bertz CT molecular complexity index is 1070. The number of benzene rings is 1. The summed E-state index contributed by atoms with van der Waals surface area (Å²) in [6, 6.07) is 17.2. The van der Waals surface area contributed by atoms with E-state index in [0.29, 0.717) is 0 Å². The van der Waals surface area contributed by atoms with Crippen LogP contribution in [0.15, 0.2) is 76.1 Å². The first-order valence-corrected chi connectivity index (χ1v) is 13.1. The Morgan fingerprint density at radius 2 is 1.85 bits per heavy atom. The fraction of sp³-hybridized carbons (Fsp3) is 0.346. The van der Waals surface area contributed by atoms with Gasteiger partial charge < -0.3 is 4.90 Å². The Morgan fingerprint density at radius 1 is 1.03 bits per heavy atom. The first kappa shape index (κ1) is 26.2. The molecule has 0 aliphatic carbocycles. The minimum absolute atomic E-state index is 0. The smallest absolute Gasteiger partial charge is 0.138 e. The Morgan fingerprint density at radius 3 is 2.67 bits per heavy atom. The van der Waals surface area contributed by atoms with Gasteiger partial charge in [0.15, 0.2) is 0 Å². The van der Waals surface area contributed by atoms with Crippen LogP contribution >= 0.6 is 48.3 Å². The van der Waals surface area contributed by atoms with Crippen molar-refractivity contribution in [2.24, 2.45) is 5.92 Å². The van der Waals surface area contributed by atoms with E-state index in [0.717, 1.165) is 11.6 Å². The second kappa shape index (κ2) is 12.9. The van der Waals surface area contributed by atoms with Gasteiger partial charge in [0, 0.05) is 10.7 Å². The van der Waals surface area contributed by atoms with E-state index in [1.807, 2.05) is 29.7 Å². The Labute approximate surface area is 217 Å². The van der Waals surface area contributed by atoms with Crippen molar-refractivity contribution >= 4 is 60.1 Å². The molecule has 0 amide bonds. The normalized spacial score (nSPS) is 16.4. The van der Waals surface area contributed by atoms with Gasteiger partial charge in [-0.2, -0.15) is 0 Å². The van der Waals surface area contributed by atoms with E-state index < -0.39 is 0 Å². The number of aromatic nitrogens is 2. The SMILES string of the molecule is C1=C(/C=C/SCC2CCN(CCCc3ccccc3)CC2)Sc2cccc3ncc1n23.Cl.Cl. The summed E-state index contributed by atoms with van der Waals surface area (Å²) in [5, 5.41) is 3.54. The Kier molecular flexibility index (Phi) is 10.3. The summed E-state index contributed by atoms with van der Waals surface area (Å²) in [6.07, 6.45) is 11.6. The number of allylic oxidation sites excluding steroid dienone is 1. The summed E-state index contributed by atoms with van der Waals surface area (Å²) in [4.78, 5) is 8.45. The quantitative estimate of drug-likeness (QED) is 0.313. The molecule has 1 fully saturated rings. The van der Waals surface area contributed by atoms with Crippen LogP contribution in [-0.4, -0.2) is 39.7 Å². The third-order valence-electron chi connectivity index (χ3n) is 6.18. The van der Waals surface area contributed by atoms with Gasteiger partial charge >= 0.3 is 0 Å². The van der Waals surface area contributed by atoms with E-state index in [9.17, 15) is 0 Å². The number of hydrogen-bond acceptors (Lipinski definition) is 4. The summed E-state index contributed by atoms with van der Waals surface area (Å²) in [7, 11) is 0. The standard InChI is InChI=1S/C26H29N3S2.2ClH/c1-2-6-21(7-3-1)8-5-14-28-15-11-22(12-16-28)20-30-17-13-24-18-23-19-27-25-9-4-10-26(31-24)29(23)25;;/h1-4,6-7,9-10,13,17-19,22H,5,8,11-12,14-16,20H2;2*1H/b17-13+;;. The molecule has 0 atom stereocenters. The zero-order valence-electron chi connectivity index (χ0n) is 18.6. The van der Waals surface area contributed by atoms with Gasteiger partial charge in [-0.25, -0.2) is 4.98 Å². The lowest BCUT2D eigenvalue weighted by atomic mass is 9.98. The molecule has 1 saturated heterocycles. The zero-order valence-corrected chi connectivity index (χ0v) is 21.9. The topological polar surface area (TPSA) is 20.5 Å². The maximum Gasteiger partial charge on any atom is 0.138 e. The number of likely N-dealkylation sites (tertiary alicyclic amines) is 1. The van der Waals surface area contributed by atoms with E-state index in [1.165, 1.54) is 72.3 Å². The molecule has 0 spiro atoms. The van der Waals surface area contributed by atoms with Crippen LogP contribution in [0.2, 0.25) is 0 Å². The van der Waals surface area contributed by atoms with E-state index >= 15 is 0 Å². The van der Waals surface area contributed by atoms with E-state index in [4.69, 9.17) is 0 Å². The number of pyridine rings is 1. The fourth-order valence-corrected chi connectivity index (χ4v) is 6.46. The minimum Gasteiger partial charge on any atom is -0.303 e. The van der Waals surface area contributed by atoms with Gasteiger partial charge in [-0.15, -0.1) is 36.6 Å². The van der Waals surface area contributed by atoms with Crippen LogP contribution in [0.25, 0.3) is 11.7 Å². The Hall–Kier alpha value is -1.37. The summed E-state index contributed by atoms with van der Waals surface area (Å²) in [5.41, 5.74) is 3.67. The minimum atomic E-state index is 0. The van der Waals surface area contributed by atoms with Crippen LogP contribution in [0.3, 0.4) is 0 Å². The second-order valence-electron chi connectivity index (χ2n) is 8.40. The molecule has 7 heteroatoms. The van der Waals surface area contributed by atoms with Crippen molar-refractivity contribution in [3.05, 3.63) is 82.4 Å². The predicted octanol–water partition coefficient (Wildman–Crippen LogP) is 7.22. The molecule has 0 bridgehead atoms. The van der Waals surface area contributed by atoms with Crippen molar-refractivity contribution in [1.82, 2.24) is 14.3 Å². The van der Waals surface area contributed by atoms with Crippen LogP contribution in [0.1, 0.15) is 30.5 Å². The molecule has 176 valence electrons. The van der Waals surface area contributed by atoms with Crippen molar-refractivity contribution in [2.75, 3.05) is 25.4 Å². The summed E-state index contributed by atoms with van der Waals surface area (Å²) < 4.78 is 2.22. The van der Waals surface area contributed by atoms with Crippen LogP contribution in [0.4, 0.5) is 0 Å². The molecule has 33 heavy (non-hydrogen) atoms. The average Bonchev–Trinajstić information content (AvgIpc) is 3.23. The zero-order chi connectivity index (χ0) is 20.9. The number of aryl methyl sites for hydroxylation is 1. The van der Waals surface area contributed by atoms with Crippen LogP contribution in [-0.2, 0) is 6.42 Å². The average molecular weight is 521 g/mol. The summed E-state index contributed by atoms with van der Waals surface area (Å²) in [5.74, 6) is 2.09. The molecule has 3 nitrogen and oxygen atoms in total. The molecular weight excluding hydrogens is 489 g/mol. The highest BCUT2D eigenvalue weighted by Crippen LogP contribution is 2.35. The maximum atomic E-state index is 4.49. The predicted molar refractivity (Wildman–Crippen MR) is 149 cm³/mol. The highest BCUT2D eigenvalue weighted by molar-refractivity contribution is 8.04. The van der Waals surface area contributed by atoms with Gasteiger partial charge in [0.05, 0.1) is 16.9 Å². The van der Waals surface area contributed by atoms with Gasteiger partial charge in [-0.1, -0.05) is 48.2 Å². The molecule has 2 aliphatic rings. The van der Waals surface area contributed by atoms with Gasteiger partial charge in [-0.05, 0) is 86.5 Å². The van der Waals surface area contributed by atoms with Crippen molar-refractivity contribution in [3.8, 4) is 0 Å². The molecule has 0 unspecified atom stereocenters. The lowest BCUT2D eigenvalue weighted by Crippen LogP contribution is -2.35. The van der Waals surface area contributed by atoms with E-state index in [2.05, 4.69) is 80.4 Å². The largest absolute Gasteiger partial charge is 0.303 e. The van der Waals surface area contributed by atoms with Crippen LogP contribution in [0, 0.1) is 5.92 Å². The van der Waals surface area contributed by atoms with Gasteiger partial charge in [-0.3, -0.25) is 4.40 Å². The van der Waals surface area contributed by atoms with E-state index in [1.54, 1.807) is 0 Å². The molecule has 3 aromatic rings. The molecule has 1 aromatic carbocycles. The number of rotatable bonds is 8. The van der Waals surface area contributed by atoms with Gasteiger partial charge in [0.25, 0.3) is 0 Å². The summed E-state index contributed by atoms with van der Waals surface area (Å²) in [6.45, 7) is 3.76. The van der Waals surface area contributed by atoms with Crippen LogP contribution < -0.4 is 0 Å². The fourth-order valence-electron chi connectivity index (χ4n) is 4.42. The van der Waals surface area contributed by atoms with Crippen LogP contribution in [0.5, 0.6) is 0 Å². The number of nitrogens with zero attached hydrogens (tertiary/aromatic N) is 3. The van der Waals surface area contributed by atoms with Gasteiger partial charge in [0.2, 0.25) is 0 Å². The first-order chi connectivity index (χ1) is 15.3. The molecule has 2 aromatic heterocycles. The molecule has 0 radical (unpaired) electrons. The monoisotopic (exact) mass is 519 g/mol. The number of halogens is 2. The molecule has 4 heterocycles. The lowest BCUT2D eigenvalue weighted by Gasteiger charge is -2.31. The number of hydrogen-bond donors (Lipinski definition) is 0. The van der Waals surface area contributed by atoms with Crippen molar-refractivity contribution in [1.29, 1.82) is 0 Å². The van der Waals surface area contributed by atoms with Crippen molar-refractivity contribution in [3.63, 3.8) is 0 Å². The third-order valence-corrected chi connectivity index (χ3v) is 8.19. The third kappa shape index (κ3) is 6.83. The lowest BCUT2D eigenvalue weighted by molar-refractivity contribution is 0.192. The molecule has 0 saturated carbocycles. The first-order valence-electron chi connectivity index (χ1n) is 11.3. The highest BCUT2D eigenvalue weighted by Gasteiger charge is 2.18. The maximum absolute atomic E-state index is 4.49. The van der Waals surface area contributed by atoms with E-state index in [-0.39, 0.29) is 24.8 Å². The number of thioether (sulfide) groups is 2. The van der Waals surface area contributed by atoms with Gasteiger partial charge in [0.1, 0.15) is 5.65 Å². The number of imidazole rings is 1. The molecule has 2 aliphatic heterocycles. The molecular formula is C26H31Cl2N3S2.